The molecule has 0 radical (unpaired) electrons. The quantitative estimate of drug-likeness (QED) is 0.525. The van der Waals surface area contributed by atoms with Gasteiger partial charge in [-0.25, -0.2) is 13.8 Å². The first-order chi connectivity index (χ1) is 16.5. The van der Waals surface area contributed by atoms with Crippen molar-refractivity contribution >= 4 is 17.3 Å². The molecule has 0 aliphatic carbocycles. The Morgan fingerprint density at radius 1 is 1.26 bits per heavy atom. The topological polar surface area (TPSA) is 78.1 Å². The van der Waals surface area contributed by atoms with Crippen molar-refractivity contribution in [3.8, 4) is 0 Å². The molecule has 8 nitrogen and oxygen atoms in total. The second kappa shape index (κ2) is 9.79. The number of aromatic nitrogens is 5. The standard InChI is InChI=1S/C23H25ClF2N6O2/c24-22-19(11-29-32(23(22)33)21-5-1-2-9-34-21)30-8-6-18-17(13-30)28-14-31(18)12-15-4-3-7-27-16(15)10-20(25)26/h3-4,7,11,14,20-21H,1-2,5-6,8-10,12-13H2. The molecule has 180 valence electrons. The molecule has 3 aromatic heterocycles. The minimum atomic E-state index is -2.45. The summed E-state index contributed by atoms with van der Waals surface area (Å²) in [6, 6.07) is 3.58. The van der Waals surface area contributed by atoms with E-state index in [2.05, 4.69) is 15.1 Å². The molecule has 3 aromatic rings. The van der Waals surface area contributed by atoms with Crippen LogP contribution in [0.3, 0.4) is 0 Å². The lowest BCUT2D eigenvalue weighted by atomic mass is 10.1. The Hall–Kier alpha value is -2.85. The lowest BCUT2D eigenvalue weighted by Crippen LogP contribution is -2.36. The Labute approximate surface area is 200 Å². The van der Waals surface area contributed by atoms with Gasteiger partial charge in [-0.1, -0.05) is 17.7 Å². The van der Waals surface area contributed by atoms with Crippen LogP contribution in [0.2, 0.25) is 5.02 Å². The summed E-state index contributed by atoms with van der Waals surface area (Å²) in [5.41, 5.74) is 3.28. The van der Waals surface area contributed by atoms with Gasteiger partial charge in [0.2, 0.25) is 6.43 Å². The van der Waals surface area contributed by atoms with Crippen LogP contribution in [0, 0.1) is 0 Å². The number of halogens is 3. The van der Waals surface area contributed by atoms with Crippen molar-refractivity contribution in [1.82, 2.24) is 24.3 Å². The third kappa shape index (κ3) is 4.56. The van der Waals surface area contributed by atoms with Crippen LogP contribution in [-0.4, -0.2) is 43.9 Å². The summed E-state index contributed by atoms with van der Waals surface area (Å²) < 4.78 is 34.9. The smallest absolute Gasteiger partial charge is 0.290 e. The number of alkyl halides is 2. The van der Waals surface area contributed by atoms with Crippen molar-refractivity contribution in [2.45, 2.75) is 57.8 Å². The van der Waals surface area contributed by atoms with E-state index in [4.69, 9.17) is 16.3 Å². The molecule has 1 fully saturated rings. The van der Waals surface area contributed by atoms with Crippen LogP contribution in [-0.2, 0) is 30.7 Å². The van der Waals surface area contributed by atoms with E-state index in [0.29, 0.717) is 44.0 Å². The average Bonchev–Trinajstić information content (AvgIpc) is 3.24. The van der Waals surface area contributed by atoms with Crippen LogP contribution in [0.1, 0.15) is 48.1 Å². The van der Waals surface area contributed by atoms with Gasteiger partial charge in [0.1, 0.15) is 5.02 Å². The van der Waals surface area contributed by atoms with E-state index in [1.54, 1.807) is 18.6 Å². The first kappa shape index (κ1) is 22.9. The van der Waals surface area contributed by atoms with Crippen LogP contribution in [0.5, 0.6) is 0 Å². The number of imidazole rings is 1. The van der Waals surface area contributed by atoms with Crippen molar-refractivity contribution in [3.05, 3.63) is 68.9 Å². The molecule has 11 heteroatoms. The van der Waals surface area contributed by atoms with Gasteiger partial charge < -0.3 is 14.2 Å². The molecule has 0 bridgehead atoms. The van der Waals surface area contributed by atoms with Crippen LogP contribution in [0.4, 0.5) is 14.5 Å². The van der Waals surface area contributed by atoms with Gasteiger partial charge in [0, 0.05) is 31.5 Å². The van der Waals surface area contributed by atoms with E-state index in [1.807, 2.05) is 15.5 Å². The third-order valence-electron chi connectivity index (χ3n) is 6.36. The molecule has 0 amide bonds. The van der Waals surface area contributed by atoms with Crippen molar-refractivity contribution in [2.75, 3.05) is 18.1 Å². The number of hydrogen-bond acceptors (Lipinski definition) is 6. The fourth-order valence-corrected chi connectivity index (χ4v) is 4.87. The number of rotatable bonds is 6. The summed E-state index contributed by atoms with van der Waals surface area (Å²) in [6.45, 7) is 2.14. The first-order valence-electron chi connectivity index (χ1n) is 11.4. The molecule has 0 aromatic carbocycles. The number of ether oxygens (including phenoxy) is 1. The largest absolute Gasteiger partial charge is 0.362 e. The highest BCUT2D eigenvalue weighted by Gasteiger charge is 2.26. The van der Waals surface area contributed by atoms with Gasteiger partial charge >= 0.3 is 0 Å². The van der Waals surface area contributed by atoms with Gasteiger partial charge in [-0.15, -0.1) is 0 Å². The maximum Gasteiger partial charge on any atom is 0.290 e. The molecule has 0 spiro atoms. The van der Waals surface area contributed by atoms with E-state index in [9.17, 15) is 13.6 Å². The van der Waals surface area contributed by atoms with Gasteiger partial charge in [-0.05, 0) is 30.9 Å². The van der Waals surface area contributed by atoms with Gasteiger partial charge in [0.05, 0.1) is 49.1 Å². The van der Waals surface area contributed by atoms with Gasteiger partial charge in [-0.3, -0.25) is 9.78 Å². The number of nitrogens with zero attached hydrogens (tertiary/aromatic N) is 6. The summed E-state index contributed by atoms with van der Waals surface area (Å²) in [5, 5.41) is 4.47. The predicted molar refractivity (Wildman–Crippen MR) is 122 cm³/mol. The van der Waals surface area contributed by atoms with Crippen LogP contribution < -0.4 is 10.5 Å². The molecule has 1 unspecified atom stereocenters. The SMILES string of the molecule is O=c1c(Cl)c(N2CCc3c(ncn3Cc3cccnc3CC(F)F)C2)cnn1C1CCCCO1. The lowest BCUT2D eigenvalue weighted by Gasteiger charge is -2.30. The molecule has 5 heterocycles. The fraction of sp³-hybridized carbons (Fsp3) is 0.478. The molecular weight excluding hydrogens is 466 g/mol. The Kier molecular flexibility index (Phi) is 6.60. The first-order valence-corrected chi connectivity index (χ1v) is 11.8. The highest BCUT2D eigenvalue weighted by atomic mass is 35.5. The minimum absolute atomic E-state index is 0.124. The molecule has 2 aliphatic rings. The molecule has 1 saturated heterocycles. The van der Waals surface area contributed by atoms with Crippen molar-refractivity contribution in [3.63, 3.8) is 0 Å². The number of pyridine rings is 1. The zero-order valence-electron chi connectivity index (χ0n) is 18.5. The summed E-state index contributed by atoms with van der Waals surface area (Å²) in [7, 11) is 0. The van der Waals surface area contributed by atoms with Gasteiger partial charge in [0.15, 0.2) is 6.23 Å². The molecule has 2 aliphatic heterocycles. The Bertz CT molecular complexity index is 1220. The maximum absolute atomic E-state index is 12.9. The third-order valence-corrected chi connectivity index (χ3v) is 6.71. The molecule has 5 rings (SSSR count). The molecule has 0 saturated carbocycles. The monoisotopic (exact) mass is 490 g/mol. The minimum Gasteiger partial charge on any atom is -0.362 e. The summed E-state index contributed by atoms with van der Waals surface area (Å²) in [5.74, 6) is 0. The van der Waals surface area contributed by atoms with Gasteiger partial charge in [0.25, 0.3) is 5.56 Å². The van der Waals surface area contributed by atoms with Crippen molar-refractivity contribution in [2.24, 2.45) is 0 Å². The number of hydrogen-bond donors (Lipinski definition) is 0. The Morgan fingerprint density at radius 3 is 2.94 bits per heavy atom. The van der Waals surface area contributed by atoms with E-state index in [1.165, 1.54) is 10.9 Å². The highest BCUT2D eigenvalue weighted by molar-refractivity contribution is 6.33. The van der Waals surface area contributed by atoms with E-state index in [0.717, 1.165) is 36.2 Å². The van der Waals surface area contributed by atoms with E-state index < -0.39 is 6.43 Å². The van der Waals surface area contributed by atoms with Crippen LogP contribution in [0.15, 0.2) is 35.6 Å². The van der Waals surface area contributed by atoms with Crippen LogP contribution in [0.25, 0.3) is 0 Å². The normalized spacial score (nSPS) is 18.4. The summed E-state index contributed by atoms with van der Waals surface area (Å²) in [6.07, 6.45) is 5.07. The highest BCUT2D eigenvalue weighted by Crippen LogP contribution is 2.29. The Morgan fingerprint density at radius 2 is 2.15 bits per heavy atom. The van der Waals surface area contributed by atoms with Crippen LogP contribution >= 0.6 is 11.6 Å². The van der Waals surface area contributed by atoms with Crippen molar-refractivity contribution < 1.29 is 13.5 Å². The average molecular weight is 491 g/mol. The van der Waals surface area contributed by atoms with Gasteiger partial charge in [-0.2, -0.15) is 9.78 Å². The maximum atomic E-state index is 12.9. The zero-order chi connectivity index (χ0) is 23.7. The number of anilines is 1. The molecule has 34 heavy (non-hydrogen) atoms. The lowest BCUT2D eigenvalue weighted by molar-refractivity contribution is -0.0424. The number of fused-ring (bicyclic) bond motifs is 1. The molecular formula is C23H25ClF2N6O2. The second-order valence-electron chi connectivity index (χ2n) is 8.56. The van der Waals surface area contributed by atoms with E-state index in [-0.39, 0.29) is 23.2 Å². The van der Waals surface area contributed by atoms with E-state index >= 15 is 0 Å². The summed E-state index contributed by atoms with van der Waals surface area (Å²) in [4.78, 5) is 23.6. The second-order valence-corrected chi connectivity index (χ2v) is 8.93. The summed E-state index contributed by atoms with van der Waals surface area (Å²) >= 11 is 6.49. The molecule has 1 atom stereocenters. The molecule has 0 N–H and O–H groups in total. The zero-order valence-corrected chi connectivity index (χ0v) is 19.3. The predicted octanol–water partition coefficient (Wildman–Crippen LogP) is 3.61. The fourth-order valence-electron chi connectivity index (χ4n) is 4.62. The van der Waals surface area contributed by atoms with Crippen molar-refractivity contribution in [1.29, 1.82) is 0 Å². The Balaban J connectivity index is 1.34.